The summed E-state index contributed by atoms with van der Waals surface area (Å²) in [4.78, 5) is 11.0. The molecule has 2 nitrogen and oxygen atoms in total. The molecule has 66 valence electrons. The third-order valence-electron chi connectivity index (χ3n) is 1.50. The topological polar surface area (TPSA) is 37.3 Å². The van der Waals surface area contributed by atoms with Gasteiger partial charge >= 0.3 is 0 Å². The Bertz CT molecular complexity index is 331. The van der Waals surface area contributed by atoms with E-state index in [2.05, 4.69) is 15.9 Å². The number of Topliss-reactive ketones (excluding diaryl/α,β-unsaturated/α-hetero) is 1. The van der Waals surface area contributed by atoms with E-state index in [1.54, 1.807) is 0 Å². The number of aromatic hydroxyl groups is 1. The average molecular weight is 243 g/mol. The smallest absolute Gasteiger partial charge is 0.161 e. The van der Waals surface area contributed by atoms with Crippen LogP contribution < -0.4 is 0 Å². The van der Waals surface area contributed by atoms with Crippen LogP contribution in [0, 0.1) is 5.82 Å². The SMILES string of the molecule is [B]CC(=O)c1c(O)cc(Br)cc1F. The number of hydrogen-bond acceptors (Lipinski definition) is 2. The van der Waals surface area contributed by atoms with Crippen LogP contribution in [-0.4, -0.2) is 18.7 Å². The van der Waals surface area contributed by atoms with E-state index in [9.17, 15) is 14.3 Å². The molecule has 2 radical (unpaired) electrons. The molecular weight excluding hydrogens is 238 g/mol. The van der Waals surface area contributed by atoms with E-state index in [1.807, 2.05) is 0 Å². The zero-order valence-electron chi connectivity index (χ0n) is 6.55. The third kappa shape index (κ3) is 2.09. The molecular formula is C8H5BBrFO2. The van der Waals surface area contributed by atoms with Gasteiger partial charge in [0, 0.05) is 4.47 Å². The predicted molar refractivity (Wildman–Crippen MR) is 50.7 cm³/mol. The van der Waals surface area contributed by atoms with Crippen LogP contribution in [0.15, 0.2) is 16.6 Å². The lowest BCUT2D eigenvalue weighted by Crippen LogP contribution is -2.01. The maximum absolute atomic E-state index is 13.1. The van der Waals surface area contributed by atoms with Gasteiger partial charge in [0.05, 0.1) is 13.4 Å². The Hall–Kier alpha value is -0.835. The van der Waals surface area contributed by atoms with Gasteiger partial charge in [0.25, 0.3) is 0 Å². The molecule has 0 heterocycles. The second kappa shape index (κ2) is 3.92. The molecule has 0 aliphatic heterocycles. The van der Waals surface area contributed by atoms with Gasteiger partial charge in [0.1, 0.15) is 11.6 Å². The number of benzene rings is 1. The molecule has 1 N–H and O–H groups in total. The van der Waals surface area contributed by atoms with Crippen molar-refractivity contribution in [2.45, 2.75) is 6.32 Å². The van der Waals surface area contributed by atoms with Crippen LogP contribution in [0.25, 0.3) is 0 Å². The van der Waals surface area contributed by atoms with Gasteiger partial charge in [0.15, 0.2) is 5.78 Å². The van der Waals surface area contributed by atoms with Gasteiger partial charge in [0.2, 0.25) is 0 Å². The quantitative estimate of drug-likeness (QED) is 0.637. The molecule has 1 rings (SSSR count). The number of rotatable bonds is 2. The molecule has 0 saturated heterocycles. The summed E-state index contributed by atoms with van der Waals surface area (Å²) in [6.45, 7) is 0. The molecule has 0 aliphatic carbocycles. The van der Waals surface area contributed by atoms with Gasteiger partial charge in [-0.1, -0.05) is 15.9 Å². The molecule has 0 aliphatic rings. The van der Waals surface area contributed by atoms with Gasteiger partial charge in [-0.15, -0.1) is 0 Å². The fraction of sp³-hybridized carbons (Fsp3) is 0.125. The summed E-state index contributed by atoms with van der Waals surface area (Å²) in [5, 5.41) is 9.23. The Morgan fingerprint density at radius 2 is 2.23 bits per heavy atom. The minimum atomic E-state index is -0.776. The molecule has 0 fully saturated rings. The second-order valence-corrected chi connectivity index (χ2v) is 3.32. The van der Waals surface area contributed by atoms with Gasteiger partial charge in [-0.05, 0) is 18.5 Å². The largest absolute Gasteiger partial charge is 0.507 e. The van der Waals surface area contributed by atoms with E-state index in [4.69, 9.17) is 7.85 Å². The fourth-order valence-electron chi connectivity index (χ4n) is 0.938. The molecule has 0 bridgehead atoms. The third-order valence-corrected chi connectivity index (χ3v) is 1.96. The molecule has 1 aromatic rings. The Kier molecular flexibility index (Phi) is 3.09. The Labute approximate surface area is 84.3 Å². The van der Waals surface area contributed by atoms with Crippen molar-refractivity contribution in [3.63, 3.8) is 0 Å². The molecule has 0 unspecified atom stereocenters. The Morgan fingerprint density at radius 3 is 2.69 bits per heavy atom. The zero-order valence-corrected chi connectivity index (χ0v) is 8.14. The normalized spacial score (nSPS) is 10.0. The summed E-state index contributed by atoms with van der Waals surface area (Å²) in [6, 6.07) is 2.34. The van der Waals surface area contributed by atoms with Crippen molar-refractivity contribution in [1.29, 1.82) is 0 Å². The maximum Gasteiger partial charge on any atom is 0.161 e. The Balaban J connectivity index is 3.28. The summed E-state index contributed by atoms with van der Waals surface area (Å²) >= 11 is 2.98. The highest BCUT2D eigenvalue weighted by Gasteiger charge is 2.15. The average Bonchev–Trinajstić information content (AvgIpc) is 2.02. The molecule has 5 heteroatoms. The summed E-state index contributed by atoms with van der Waals surface area (Å²) in [5.74, 6) is -1.80. The monoisotopic (exact) mass is 242 g/mol. The van der Waals surface area contributed by atoms with Crippen molar-refractivity contribution in [2.75, 3.05) is 0 Å². The first kappa shape index (κ1) is 10.2. The highest BCUT2D eigenvalue weighted by atomic mass is 79.9. The number of halogens is 2. The van der Waals surface area contributed by atoms with E-state index < -0.39 is 17.3 Å². The summed E-state index contributed by atoms with van der Waals surface area (Å²) < 4.78 is 13.5. The molecule has 0 spiro atoms. The summed E-state index contributed by atoms with van der Waals surface area (Å²) in [6.07, 6.45) is -0.327. The molecule has 0 amide bonds. The van der Waals surface area contributed by atoms with Crippen LogP contribution >= 0.6 is 15.9 Å². The van der Waals surface area contributed by atoms with Crippen LogP contribution in [0.5, 0.6) is 5.75 Å². The van der Waals surface area contributed by atoms with Crippen molar-refractivity contribution < 1.29 is 14.3 Å². The van der Waals surface area contributed by atoms with Crippen molar-refractivity contribution in [3.8, 4) is 5.75 Å². The highest BCUT2D eigenvalue weighted by Crippen LogP contribution is 2.26. The summed E-state index contributed by atoms with van der Waals surface area (Å²) in [7, 11) is 5.04. The predicted octanol–water partition coefficient (Wildman–Crippen LogP) is 2.06. The first-order valence-corrected chi connectivity index (χ1v) is 4.27. The van der Waals surface area contributed by atoms with E-state index in [0.717, 1.165) is 6.07 Å². The lowest BCUT2D eigenvalue weighted by atomic mass is 9.95. The fourth-order valence-corrected chi connectivity index (χ4v) is 1.36. The lowest BCUT2D eigenvalue weighted by molar-refractivity contribution is 0.101. The van der Waals surface area contributed by atoms with E-state index in [1.165, 1.54) is 6.07 Å². The van der Waals surface area contributed by atoms with Gasteiger partial charge in [-0.25, -0.2) is 4.39 Å². The number of carbonyl (C=O) groups is 1. The molecule has 13 heavy (non-hydrogen) atoms. The minimum Gasteiger partial charge on any atom is -0.507 e. The van der Waals surface area contributed by atoms with Crippen molar-refractivity contribution >= 4 is 29.6 Å². The van der Waals surface area contributed by atoms with Gasteiger partial charge < -0.3 is 5.11 Å². The maximum atomic E-state index is 13.1. The van der Waals surface area contributed by atoms with Crippen LogP contribution in [0.1, 0.15) is 10.4 Å². The molecule has 0 aromatic heterocycles. The number of ketones is 1. The van der Waals surface area contributed by atoms with Gasteiger partial charge in [-0.3, -0.25) is 4.79 Å². The van der Waals surface area contributed by atoms with Crippen molar-refractivity contribution in [3.05, 3.63) is 28.0 Å². The number of hydrogen-bond donors (Lipinski definition) is 1. The van der Waals surface area contributed by atoms with Crippen LogP contribution in [0.3, 0.4) is 0 Å². The number of carbonyl (C=O) groups excluding carboxylic acids is 1. The minimum absolute atomic E-state index is 0.327. The molecule has 0 atom stereocenters. The second-order valence-electron chi connectivity index (χ2n) is 2.41. The Morgan fingerprint density at radius 1 is 1.62 bits per heavy atom. The van der Waals surface area contributed by atoms with Crippen molar-refractivity contribution in [1.82, 2.24) is 0 Å². The lowest BCUT2D eigenvalue weighted by Gasteiger charge is -2.03. The molecule has 1 aromatic carbocycles. The van der Waals surface area contributed by atoms with Crippen LogP contribution in [0.4, 0.5) is 4.39 Å². The standard InChI is InChI=1S/C8H5BBrFO2/c9-3-7(13)8-5(11)1-4(10)2-6(8)12/h1-2,12H,3H2. The van der Waals surface area contributed by atoms with E-state index in [-0.39, 0.29) is 11.9 Å². The van der Waals surface area contributed by atoms with Gasteiger partial charge in [-0.2, -0.15) is 0 Å². The van der Waals surface area contributed by atoms with Crippen LogP contribution in [0.2, 0.25) is 6.32 Å². The number of phenolic OH excluding ortho intramolecular Hbond substituents is 1. The van der Waals surface area contributed by atoms with E-state index >= 15 is 0 Å². The summed E-state index contributed by atoms with van der Waals surface area (Å²) in [5.41, 5.74) is -0.356. The number of phenols is 1. The van der Waals surface area contributed by atoms with E-state index in [0.29, 0.717) is 4.47 Å². The zero-order chi connectivity index (χ0) is 10.0. The molecule has 0 saturated carbocycles. The van der Waals surface area contributed by atoms with Crippen molar-refractivity contribution in [2.24, 2.45) is 0 Å². The van der Waals surface area contributed by atoms with Crippen LogP contribution in [-0.2, 0) is 0 Å². The highest BCUT2D eigenvalue weighted by molar-refractivity contribution is 9.10. The first-order chi connectivity index (χ1) is 6.06. The first-order valence-electron chi connectivity index (χ1n) is 3.47.